The fourth-order valence-corrected chi connectivity index (χ4v) is 2.48. The van der Waals surface area contributed by atoms with Gasteiger partial charge in [-0.1, -0.05) is 72.8 Å². The lowest BCUT2D eigenvalue weighted by Crippen LogP contribution is -2.34. The SMILES string of the molecule is C=CCCC(=O)OC(C(=O)N[C@H](C=C)c1ccccc1)c1ccccc1. The molecule has 26 heavy (non-hydrogen) atoms. The van der Waals surface area contributed by atoms with Crippen LogP contribution < -0.4 is 5.32 Å². The van der Waals surface area contributed by atoms with E-state index < -0.39 is 18.0 Å². The lowest BCUT2D eigenvalue weighted by atomic mass is 10.0. The summed E-state index contributed by atoms with van der Waals surface area (Å²) in [5.41, 5.74) is 1.52. The molecule has 1 N–H and O–H groups in total. The van der Waals surface area contributed by atoms with E-state index in [-0.39, 0.29) is 12.5 Å². The Kier molecular flexibility index (Phi) is 7.37. The van der Waals surface area contributed by atoms with Crippen molar-refractivity contribution in [2.24, 2.45) is 0 Å². The fraction of sp³-hybridized carbons (Fsp3) is 0.182. The molecule has 0 aliphatic carbocycles. The van der Waals surface area contributed by atoms with Gasteiger partial charge < -0.3 is 10.1 Å². The second-order valence-corrected chi connectivity index (χ2v) is 5.74. The minimum Gasteiger partial charge on any atom is -0.447 e. The zero-order valence-corrected chi connectivity index (χ0v) is 14.6. The Balaban J connectivity index is 2.18. The summed E-state index contributed by atoms with van der Waals surface area (Å²) < 4.78 is 5.45. The van der Waals surface area contributed by atoms with E-state index in [0.717, 1.165) is 5.56 Å². The molecule has 0 bridgehead atoms. The lowest BCUT2D eigenvalue weighted by Gasteiger charge is -2.21. The Hall–Kier alpha value is -3.14. The van der Waals surface area contributed by atoms with Crippen molar-refractivity contribution in [3.63, 3.8) is 0 Å². The minimum absolute atomic E-state index is 0.184. The van der Waals surface area contributed by atoms with Crippen LogP contribution in [0, 0.1) is 0 Å². The first-order valence-electron chi connectivity index (χ1n) is 8.49. The molecule has 0 saturated carbocycles. The van der Waals surface area contributed by atoms with Crippen LogP contribution in [-0.2, 0) is 14.3 Å². The summed E-state index contributed by atoms with van der Waals surface area (Å²) in [6, 6.07) is 18.1. The highest BCUT2D eigenvalue weighted by Crippen LogP contribution is 2.21. The van der Waals surface area contributed by atoms with Gasteiger partial charge in [0.2, 0.25) is 6.10 Å². The van der Waals surface area contributed by atoms with Gasteiger partial charge in [0.05, 0.1) is 6.04 Å². The normalized spacial score (nSPS) is 12.5. The maximum Gasteiger partial charge on any atom is 0.307 e. The summed E-state index contributed by atoms with van der Waals surface area (Å²) in [5, 5.41) is 2.89. The first-order chi connectivity index (χ1) is 12.7. The second-order valence-electron chi connectivity index (χ2n) is 5.74. The Morgan fingerprint density at radius 1 is 0.962 bits per heavy atom. The highest BCUT2D eigenvalue weighted by atomic mass is 16.5. The number of carbonyl (C=O) groups excluding carboxylic acids is 2. The number of rotatable bonds is 9. The van der Waals surface area contributed by atoms with Gasteiger partial charge >= 0.3 is 5.97 Å². The third kappa shape index (κ3) is 5.45. The van der Waals surface area contributed by atoms with Gasteiger partial charge in [0.1, 0.15) is 0 Å². The van der Waals surface area contributed by atoms with Gasteiger partial charge in [0, 0.05) is 12.0 Å². The van der Waals surface area contributed by atoms with E-state index in [1.165, 1.54) is 0 Å². The van der Waals surface area contributed by atoms with Crippen molar-refractivity contribution in [3.8, 4) is 0 Å². The molecule has 2 atom stereocenters. The van der Waals surface area contributed by atoms with Crippen LogP contribution in [0.1, 0.15) is 36.1 Å². The number of carbonyl (C=O) groups is 2. The molecule has 1 unspecified atom stereocenters. The molecule has 0 radical (unpaired) electrons. The van der Waals surface area contributed by atoms with E-state index in [2.05, 4.69) is 18.5 Å². The molecule has 0 heterocycles. The quantitative estimate of drug-likeness (QED) is 0.543. The summed E-state index contributed by atoms with van der Waals surface area (Å²) in [6.07, 6.45) is 2.96. The molecule has 0 saturated heterocycles. The average Bonchev–Trinajstić information content (AvgIpc) is 2.69. The molecule has 0 fully saturated rings. The molecule has 0 spiro atoms. The summed E-state index contributed by atoms with van der Waals surface area (Å²) in [7, 11) is 0. The molecule has 2 aromatic carbocycles. The number of allylic oxidation sites excluding steroid dienone is 1. The van der Waals surface area contributed by atoms with E-state index in [9.17, 15) is 9.59 Å². The molecule has 2 aromatic rings. The van der Waals surface area contributed by atoms with Crippen LogP contribution in [0.2, 0.25) is 0 Å². The van der Waals surface area contributed by atoms with Crippen LogP contribution in [0.4, 0.5) is 0 Å². The minimum atomic E-state index is -1.01. The van der Waals surface area contributed by atoms with Crippen LogP contribution in [0.15, 0.2) is 86.0 Å². The highest BCUT2D eigenvalue weighted by molar-refractivity contribution is 5.85. The number of ether oxygens (including phenoxy) is 1. The van der Waals surface area contributed by atoms with Crippen molar-refractivity contribution in [1.29, 1.82) is 0 Å². The molecule has 1 amide bonds. The van der Waals surface area contributed by atoms with Gasteiger partial charge in [-0.05, 0) is 12.0 Å². The van der Waals surface area contributed by atoms with E-state index in [1.807, 2.05) is 36.4 Å². The zero-order valence-electron chi connectivity index (χ0n) is 14.6. The number of esters is 1. The molecule has 0 aliphatic heterocycles. The highest BCUT2D eigenvalue weighted by Gasteiger charge is 2.26. The molecular weight excluding hydrogens is 326 g/mol. The molecule has 2 rings (SSSR count). The maximum atomic E-state index is 12.8. The summed E-state index contributed by atoms with van der Waals surface area (Å²) in [6.45, 7) is 7.38. The number of amides is 1. The van der Waals surface area contributed by atoms with Crippen molar-refractivity contribution >= 4 is 11.9 Å². The number of nitrogens with one attached hydrogen (secondary N) is 1. The van der Waals surface area contributed by atoms with Crippen molar-refractivity contribution in [1.82, 2.24) is 5.32 Å². The van der Waals surface area contributed by atoms with E-state index in [1.54, 1.807) is 36.4 Å². The van der Waals surface area contributed by atoms with Crippen LogP contribution in [0.3, 0.4) is 0 Å². The molecule has 4 heteroatoms. The predicted molar refractivity (Wildman–Crippen MR) is 102 cm³/mol. The Labute approximate surface area is 154 Å². The van der Waals surface area contributed by atoms with Gasteiger partial charge in [0.25, 0.3) is 5.91 Å². The standard InChI is InChI=1S/C22H23NO3/c1-3-5-16-20(24)26-21(18-14-10-7-11-15-18)22(25)23-19(4-2)17-12-8-6-9-13-17/h3-4,6-15,19,21H,1-2,5,16H2,(H,23,25)/t19-,21?/m1/s1. The second kappa shape index (κ2) is 9.99. The van der Waals surface area contributed by atoms with Crippen LogP contribution in [0.25, 0.3) is 0 Å². The summed E-state index contributed by atoms with van der Waals surface area (Å²) in [4.78, 5) is 24.9. The number of hydrogen-bond donors (Lipinski definition) is 1. The topological polar surface area (TPSA) is 55.4 Å². The lowest BCUT2D eigenvalue weighted by molar-refractivity contribution is -0.156. The van der Waals surface area contributed by atoms with Crippen LogP contribution in [0.5, 0.6) is 0 Å². The molecule has 0 aromatic heterocycles. The van der Waals surface area contributed by atoms with Crippen molar-refractivity contribution in [2.75, 3.05) is 0 Å². The average molecular weight is 349 g/mol. The van der Waals surface area contributed by atoms with Crippen molar-refractivity contribution < 1.29 is 14.3 Å². The van der Waals surface area contributed by atoms with Crippen LogP contribution in [-0.4, -0.2) is 11.9 Å². The number of hydrogen-bond acceptors (Lipinski definition) is 3. The molecule has 134 valence electrons. The first-order valence-corrected chi connectivity index (χ1v) is 8.49. The number of benzene rings is 2. The van der Waals surface area contributed by atoms with Crippen molar-refractivity contribution in [2.45, 2.75) is 25.0 Å². The monoisotopic (exact) mass is 349 g/mol. The first kappa shape index (κ1) is 19.2. The van der Waals surface area contributed by atoms with Gasteiger partial charge in [-0.3, -0.25) is 9.59 Å². The van der Waals surface area contributed by atoms with Gasteiger partial charge in [-0.15, -0.1) is 13.2 Å². The molecule has 4 nitrogen and oxygen atoms in total. The third-order valence-corrected chi connectivity index (χ3v) is 3.83. The predicted octanol–water partition coefficient (Wildman–Crippen LogP) is 4.28. The van der Waals surface area contributed by atoms with E-state index >= 15 is 0 Å². The summed E-state index contributed by atoms with van der Waals surface area (Å²) >= 11 is 0. The Morgan fingerprint density at radius 2 is 1.54 bits per heavy atom. The largest absolute Gasteiger partial charge is 0.447 e. The van der Waals surface area contributed by atoms with Gasteiger partial charge in [0.15, 0.2) is 0 Å². The van der Waals surface area contributed by atoms with E-state index in [0.29, 0.717) is 12.0 Å². The third-order valence-electron chi connectivity index (χ3n) is 3.83. The molecular formula is C22H23NO3. The molecule has 0 aliphatic rings. The van der Waals surface area contributed by atoms with Crippen LogP contribution >= 0.6 is 0 Å². The van der Waals surface area contributed by atoms with Gasteiger partial charge in [-0.2, -0.15) is 0 Å². The smallest absolute Gasteiger partial charge is 0.307 e. The fourth-order valence-electron chi connectivity index (χ4n) is 2.48. The Bertz CT molecular complexity index is 740. The van der Waals surface area contributed by atoms with E-state index in [4.69, 9.17) is 4.74 Å². The summed E-state index contributed by atoms with van der Waals surface area (Å²) in [5.74, 6) is -0.833. The van der Waals surface area contributed by atoms with Gasteiger partial charge in [-0.25, -0.2) is 0 Å². The Morgan fingerprint density at radius 3 is 2.08 bits per heavy atom. The van der Waals surface area contributed by atoms with Crippen molar-refractivity contribution in [3.05, 3.63) is 97.1 Å². The maximum absolute atomic E-state index is 12.8. The zero-order chi connectivity index (χ0) is 18.8.